The first-order chi connectivity index (χ1) is 18.4. The van der Waals surface area contributed by atoms with Crippen molar-refractivity contribution < 1.29 is 9.90 Å². The van der Waals surface area contributed by atoms with Gasteiger partial charge in [-0.15, -0.1) is 24.8 Å². The van der Waals surface area contributed by atoms with Crippen molar-refractivity contribution >= 4 is 59.0 Å². The minimum Gasteiger partial charge on any atom is -0.392 e. The minimum atomic E-state index is -0.265. The number of piperazine rings is 1. The summed E-state index contributed by atoms with van der Waals surface area (Å²) in [7, 11) is 0. The number of rotatable bonds is 8. The van der Waals surface area contributed by atoms with Crippen molar-refractivity contribution in [2.45, 2.75) is 32.4 Å². The van der Waals surface area contributed by atoms with Gasteiger partial charge in [-0.3, -0.25) is 4.79 Å². The molecular formula is C30H36Cl3N5O2. The number of aromatic nitrogens is 2. The zero-order chi connectivity index (χ0) is 26.6. The van der Waals surface area contributed by atoms with Crippen molar-refractivity contribution in [1.82, 2.24) is 20.2 Å². The van der Waals surface area contributed by atoms with Crippen LogP contribution < -0.4 is 10.2 Å². The number of fused-ring (bicyclic) bond motifs is 1. The summed E-state index contributed by atoms with van der Waals surface area (Å²) in [5, 5.41) is 14.6. The second-order valence-electron chi connectivity index (χ2n) is 10.1. The second-order valence-corrected chi connectivity index (χ2v) is 10.5. The van der Waals surface area contributed by atoms with Crippen molar-refractivity contribution in [3.8, 4) is 11.1 Å². The summed E-state index contributed by atoms with van der Waals surface area (Å²) >= 11 is 6.12. The largest absolute Gasteiger partial charge is 0.392 e. The summed E-state index contributed by atoms with van der Waals surface area (Å²) in [6.45, 7) is 7.51. The van der Waals surface area contributed by atoms with Crippen LogP contribution >= 0.6 is 36.4 Å². The van der Waals surface area contributed by atoms with Crippen LogP contribution in [0.2, 0.25) is 5.02 Å². The van der Waals surface area contributed by atoms with Gasteiger partial charge in [-0.05, 0) is 34.9 Å². The van der Waals surface area contributed by atoms with E-state index in [1.165, 1.54) is 0 Å². The number of anilines is 1. The van der Waals surface area contributed by atoms with Crippen LogP contribution in [-0.2, 0) is 11.4 Å². The van der Waals surface area contributed by atoms with Crippen LogP contribution in [0.15, 0.2) is 67.0 Å². The van der Waals surface area contributed by atoms with E-state index in [1.807, 2.05) is 65.8 Å². The predicted molar refractivity (Wildman–Crippen MR) is 168 cm³/mol. The van der Waals surface area contributed by atoms with Crippen LogP contribution in [-0.4, -0.2) is 64.6 Å². The first-order valence-corrected chi connectivity index (χ1v) is 13.5. The van der Waals surface area contributed by atoms with Crippen LogP contribution in [0.5, 0.6) is 0 Å². The Hall–Kier alpha value is -2.81. The molecule has 0 aliphatic carbocycles. The lowest BCUT2D eigenvalue weighted by molar-refractivity contribution is -0.133. The highest BCUT2D eigenvalue weighted by atomic mass is 35.5. The molecule has 4 aromatic rings. The Kier molecular flexibility index (Phi) is 11.3. The molecule has 2 aromatic carbocycles. The lowest BCUT2D eigenvalue weighted by Gasteiger charge is -2.38. The number of nitrogens with one attached hydrogen (secondary N) is 2. The minimum absolute atomic E-state index is 0. The topological polar surface area (TPSA) is 84.5 Å². The summed E-state index contributed by atoms with van der Waals surface area (Å²) in [5.41, 5.74) is 5.91. The normalized spacial score (nSPS) is 14.1. The zero-order valence-corrected chi connectivity index (χ0v) is 25.0. The number of hydrogen-bond acceptors (Lipinski definition) is 5. The van der Waals surface area contributed by atoms with Gasteiger partial charge in [0.05, 0.1) is 18.2 Å². The highest BCUT2D eigenvalue weighted by molar-refractivity contribution is 6.30. The van der Waals surface area contributed by atoms with Crippen LogP contribution in [0.1, 0.15) is 30.9 Å². The molecule has 3 heterocycles. The average Bonchev–Trinajstić information content (AvgIpc) is 3.42. The van der Waals surface area contributed by atoms with Crippen molar-refractivity contribution in [3.63, 3.8) is 0 Å². The van der Waals surface area contributed by atoms with Gasteiger partial charge in [0.25, 0.3) is 0 Å². The fourth-order valence-corrected chi connectivity index (χ4v) is 5.23. The number of pyridine rings is 1. The fourth-order valence-electron chi connectivity index (χ4n) is 5.10. The summed E-state index contributed by atoms with van der Waals surface area (Å²) in [6.07, 6.45) is 3.83. The first kappa shape index (κ1) is 31.7. The van der Waals surface area contributed by atoms with Gasteiger partial charge in [0.15, 0.2) is 0 Å². The highest BCUT2D eigenvalue weighted by Gasteiger charge is 2.30. The van der Waals surface area contributed by atoms with Crippen molar-refractivity contribution in [1.29, 1.82) is 0 Å². The number of H-pyrrole nitrogens is 1. The maximum absolute atomic E-state index is 13.8. The Morgan fingerprint density at radius 1 is 1.02 bits per heavy atom. The van der Waals surface area contributed by atoms with E-state index in [1.54, 1.807) is 0 Å². The molecule has 5 rings (SSSR count). The number of benzene rings is 2. The molecule has 0 bridgehead atoms. The Balaban J connectivity index is 0.00000220. The third-order valence-corrected chi connectivity index (χ3v) is 7.47. The second kappa shape index (κ2) is 14.2. The average molecular weight is 605 g/mol. The molecule has 7 nitrogen and oxygen atoms in total. The molecule has 40 heavy (non-hydrogen) atoms. The number of carbonyl (C=O) groups excluding carboxylic acids is 1. The van der Waals surface area contributed by atoms with Crippen LogP contribution in [0.3, 0.4) is 0 Å². The van der Waals surface area contributed by atoms with Crippen LogP contribution in [0.4, 0.5) is 5.69 Å². The van der Waals surface area contributed by atoms with Crippen molar-refractivity contribution in [2.75, 3.05) is 37.6 Å². The SMILES string of the molecule is CC(C)NC[C@@H](C(=O)N1CCN(c2c(-c3ccc(CO)cc3)cnc3[nH]ccc23)CC1)c1ccc(Cl)cc1.Cl.Cl. The van der Waals surface area contributed by atoms with E-state index in [0.717, 1.165) is 52.1 Å². The number of aliphatic hydroxyl groups excluding tert-OH is 1. The van der Waals surface area contributed by atoms with Gasteiger partial charge in [0, 0.05) is 67.1 Å². The molecule has 1 amide bonds. The monoisotopic (exact) mass is 603 g/mol. The molecule has 1 saturated heterocycles. The van der Waals surface area contributed by atoms with E-state index in [4.69, 9.17) is 11.6 Å². The number of halogens is 3. The highest BCUT2D eigenvalue weighted by Crippen LogP contribution is 2.37. The first-order valence-electron chi connectivity index (χ1n) is 13.1. The van der Waals surface area contributed by atoms with Gasteiger partial charge in [0.1, 0.15) is 5.65 Å². The number of hydrogen-bond donors (Lipinski definition) is 3. The van der Waals surface area contributed by atoms with Gasteiger partial charge < -0.3 is 25.2 Å². The molecule has 0 saturated carbocycles. The number of aliphatic hydroxyl groups is 1. The molecule has 10 heteroatoms. The Morgan fingerprint density at radius 3 is 2.33 bits per heavy atom. The van der Waals surface area contributed by atoms with Crippen LogP contribution in [0.25, 0.3) is 22.2 Å². The molecule has 1 aliphatic rings. The molecule has 1 fully saturated rings. The van der Waals surface area contributed by atoms with Gasteiger partial charge in [0.2, 0.25) is 5.91 Å². The molecule has 0 unspecified atom stereocenters. The molecule has 0 radical (unpaired) electrons. The fraction of sp³-hybridized carbons (Fsp3) is 0.333. The van der Waals surface area contributed by atoms with Gasteiger partial charge >= 0.3 is 0 Å². The van der Waals surface area contributed by atoms with E-state index in [2.05, 4.69) is 40.1 Å². The smallest absolute Gasteiger partial charge is 0.231 e. The van der Waals surface area contributed by atoms with Crippen LogP contribution in [0, 0.1) is 0 Å². The Labute approximate surface area is 252 Å². The molecule has 214 valence electrons. The molecule has 3 N–H and O–H groups in total. The summed E-state index contributed by atoms with van der Waals surface area (Å²) in [5.74, 6) is -0.124. The maximum atomic E-state index is 13.8. The predicted octanol–water partition coefficient (Wildman–Crippen LogP) is 5.65. The third kappa shape index (κ3) is 6.90. The quantitative estimate of drug-likeness (QED) is 0.242. The van der Waals surface area contributed by atoms with Gasteiger partial charge in [-0.1, -0.05) is 61.8 Å². The standard InChI is InChI=1S/C30H34ClN5O2.2ClH/c1-20(2)33-18-27(23-7-9-24(31)10-8-23)30(38)36-15-13-35(14-16-36)28-25-11-12-32-29(25)34-17-26(28)22-5-3-21(19-37)4-6-22;;/h3-12,17,20,27,33,37H,13-16,18-19H2,1-2H3,(H,32,34);2*1H/t27-;;/m1../s1. The van der Waals surface area contributed by atoms with Crippen molar-refractivity contribution in [2.24, 2.45) is 0 Å². The van der Waals surface area contributed by atoms with Gasteiger partial charge in [-0.2, -0.15) is 0 Å². The van der Waals surface area contributed by atoms with E-state index in [0.29, 0.717) is 24.7 Å². The van der Waals surface area contributed by atoms with Crippen molar-refractivity contribution in [3.05, 3.63) is 83.1 Å². The van der Waals surface area contributed by atoms with E-state index in [-0.39, 0.29) is 49.3 Å². The summed E-state index contributed by atoms with van der Waals surface area (Å²) in [6, 6.07) is 17.9. The lowest BCUT2D eigenvalue weighted by Crippen LogP contribution is -2.51. The van der Waals surface area contributed by atoms with E-state index in [9.17, 15) is 9.90 Å². The van der Waals surface area contributed by atoms with E-state index >= 15 is 0 Å². The number of aromatic amines is 1. The maximum Gasteiger partial charge on any atom is 0.231 e. The summed E-state index contributed by atoms with van der Waals surface area (Å²) < 4.78 is 0. The number of amides is 1. The van der Waals surface area contributed by atoms with E-state index < -0.39 is 0 Å². The third-order valence-electron chi connectivity index (χ3n) is 7.21. The lowest BCUT2D eigenvalue weighted by atomic mass is 9.96. The molecular weight excluding hydrogens is 569 g/mol. The number of carbonyl (C=O) groups is 1. The van der Waals surface area contributed by atoms with Gasteiger partial charge in [-0.25, -0.2) is 4.98 Å². The zero-order valence-electron chi connectivity index (χ0n) is 22.6. The Bertz CT molecular complexity index is 1390. The number of nitrogens with zero attached hydrogens (tertiary/aromatic N) is 3. The molecule has 2 aromatic heterocycles. The molecule has 1 aliphatic heterocycles. The summed E-state index contributed by atoms with van der Waals surface area (Å²) in [4.78, 5) is 26.0. The Morgan fingerprint density at radius 2 is 1.70 bits per heavy atom. The molecule has 1 atom stereocenters. The molecule has 0 spiro atoms.